The van der Waals surface area contributed by atoms with Crippen molar-refractivity contribution in [1.82, 2.24) is 19.7 Å². The first kappa shape index (κ1) is 19.3. The van der Waals surface area contributed by atoms with Crippen LogP contribution in [0, 0.1) is 5.82 Å². The number of benzene rings is 2. The number of hydrogen-bond acceptors (Lipinski definition) is 6. The number of anilines is 2. The number of aryl methyl sites for hydroxylation is 1. The molecule has 7 nitrogen and oxygen atoms in total. The fourth-order valence-corrected chi connectivity index (χ4v) is 3.37. The monoisotopic (exact) mass is 456 g/mol. The average Bonchev–Trinajstić information content (AvgIpc) is 3.13. The Kier molecular flexibility index (Phi) is 5.41. The molecule has 4 aromatic rings. The van der Waals surface area contributed by atoms with E-state index in [4.69, 9.17) is 10.5 Å². The lowest BCUT2D eigenvalue weighted by atomic mass is 10.1. The molecule has 4 rings (SSSR count). The molecule has 0 amide bonds. The van der Waals surface area contributed by atoms with Crippen molar-refractivity contribution in [2.45, 2.75) is 0 Å². The summed E-state index contributed by atoms with van der Waals surface area (Å²) >= 11 is 3.28. The first-order chi connectivity index (χ1) is 14.0. The summed E-state index contributed by atoms with van der Waals surface area (Å²) < 4.78 is 22.3. The molecular formula is C20H18BrFN6O. The topological polar surface area (TPSA) is 90.9 Å². The molecule has 0 saturated carbocycles. The molecule has 9 heteroatoms. The van der Waals surface area contributed by atoms with Crippen LogP contribution in [0.1, 0.15) is 0 Å². The predicted octanol–water partition coefficient (Wildman–Crippen LogP) is 4.01. The van der Waals surface area contributed by atoms with E-state index in [1.807, 2.05) is 31.4 Å². The number of rotatable bonds is 6. The standard InChI is InChI=1S/C20H18BrFN6O/c1-28-11-14(10-25-28)12-5-16(8-17(6-12)29-3-2-23)26-20-24-9-13-4-15(21)7-18(22)19(13)27-20/h4-11H,2-3,23H2,1H3,(H,24,26,27). The van der Waals surface area contributed by atoms with Crippen LogP contribution >= 0.6 is 15.9 Å². The number of hydrogen-bond donors (Lipinski definition) is 2. The summed E-state index contributed by atoms with van der Waals surface area (Å²) in [6, 6.07) is 8.81. The van der Waals surface area contributed by atoms with Gasteiger partial charge in [-0.1, -0.05) is 15.9 Å². The van der Waals surface area contributed by atoms with Gasteiger partial charge in [0.1, 0.15) is 17.9 Å². The minimum Gasteiger partial charge on any atom is -0.492 e. The number of nitrogens with two attached hydrogens (primary N) is 1. The number of ether oxygens (including phenoxy) is 1. The van der Waals surface area contributed by atoms with Gasteiger partial charge in [-0.3, -0.25) is 4.68 Å². The smallest absolute Gasteiger partial charge is 0.227 e. The largest absolute Gasteiger partial charge is 0.492 e. The molecule has 2 heterocycles. The lowest BCUT2D eigenvalue weighted by Crippen LogP contribution is -2.10. The van der Waals surface area contributed by atoms with E-state index in [-0.39, 0.29) is 11.5 Å². The normalized spacial score (nSPS) is 11.0. The van der Waals surface area contributed by atoms with Crippen LogP contribution in [-0.4, -0.2) is 32.9 Å². The van der Waals surface area contributed by atoms with Crippen LogP contribution in [-0.2, 0) is 7.05 Å². The van der Waals surface area contributed by atoms with Crippen molar-refractivity contribution in [3.63, 3.8) is 0 Å². The second kappa shape index (κ2) is 8.14. The molecule has 0 radical (unpaired) electrons. The van der Waals surface area contributed by atoms with Gasteiger partial charge in [0.25, 0.3) is 0 Å². The van der Waals surface area contributed by atoms with Gasteiger partial charge in [0.2, 0.25) is 5.95 Å². The van der Waals surface area contributed by atoms with Crippen molar-refractivity contribution in [3.05, 3.63) is 59.2 Å². The quantitative estimate of drug-likeness (QED) is 0.455. The van der Waals surface area contributed by atoms with Gasteiger partial charge in [-0.05, 0) is 29.8 Å². The Morgan fingerprint density at radius 1 is 1.17 bits per heavy atom. The zero-order chi connectivity index (χ0) is 20.4. The van der Waals surface area contributed by atoms with Crippen molar-refractivity contribution in [1.29, 1.82) is 0 Å². The summed E-state index contributed by atoms with van der Waals surface area (Å²) in [7, 11) is 1.85. The maximum Gasteiger partial charge on any atom is 0.227 e. The van der Waals surface area contributed by atoms with Crippen LogP contribution in [0.2, 0.25) is 0 Å². The summed E-state index contributed by atoms with van der Waals surface area (Å²) in [6.07, 6.45) is 5.26. The molecule has 0 aliphatic rings. The minimum atomic E-state index is -0.420. The van der Waals surface area contributed by atoms with Crippen LogP contribution < -0.4 is 15.8 Å². The van der Waals surface area contributed by atoms with Crippen LogP contribution in [0.25, 0.3) is 22.0 Å². The maximum atomic E-state index is 14.3. The lowest BCUT2D eigenvalue weighted by molar-refractivity contribution is 0.328. The van der Waals surface area contributed by atoms with Crippen LogP contribution in [0.3, 0.4) is 0 Å². The SMILES string of the molecule is Cn1cc(-c2cc(Nc3ncc4cc(Br)cc(F)c4n3)cc(OCCN)c2)cn1. The van der Waals surface area contributed by atoms with Gasteiger partial charge >= 0.3 is 0 Å². The van der Waals surface area contributed by atoms with Crippen molar-refractivity contribution in [2.75, 3.05) is 18.5 Å². The molecule has 2 aromatic heterocycles. The molecule has 0 unspecified atom stereocenters. The number of nitrogens with zero attached hydrogens (tertiary/aromatic N) is 4. The summed E-state index contributed by atoms with van der Waals surface area (Å²) in [5.74, 6) is 0.512. The minimum absolute atomic E-state index is 0.244. The highest BCUT2D eigenvalue weighted by Crippen LogP contribution is 2.30. The number of halogens is 2. The van der Waals surface area contributed by atoms with Crippen molar-refractivity contribution in [2.24, 2.45) is 12.8 Å². The summed E-state index contributed by atoms with van der Waals surface area (Å²) in [4.78, 5) is 8.61. The van der Waals surface area contributed by atoms with Gasteiger partial charge in [0, 0.05) is 53.2 Å². The van der Waals surface area contributed by atoms with E-state index in [1.165, 1.54) is 6.07 Å². The molecule has 0 fully saturated rings. The first-order valence-corrected chi connectivity index (χ1v) is 9.67. The third-order valence-electron chi connectivity index (χ3n) is 4.19. The molecule has 148 valence electrons. The Morgan fingerprint density at radius 2 is 2.03 bits per heavy atom. The van der Waals surface area contributed by atoms with Gasteiger partial charge in [-0.15, -0.1) is 0 Å². The fourth-order valence-electron chi connectivity index (χ4n) is 2.93. The average molecular weight is 457 g/mol. The Bertz CT molecular complexity index is 1180. The molecule has 0 spiro atoms. The molecule has 2 aromatic carbocycles. The molecular weight excluding hydrogens is 439 g/mol. The van der Waals surface area contributed by atoms with E-state index < -0.39 is 5.82 Å². The third-order valence-corrected chi connectivity index (χ3v) is 4.65. The zero-order valence-corrected chi connectivity index (χ0v) is 17.1. The van der Waals surface area contributed by atoms with Crippen LogP contribution in [0.4, 0.5) is 16.0 Å². The fraction of sp³-hybridized carbons (Fsp3) is 0.150. The van der Waals surface area contributed by atoms with E-state index in [9.17, 15) is 4.39 Å². The summed E-state index contributed by atoms with van der Waals surface area (Å²) in [5, 5.41) is 7.96. The summed E-state index contributed by atoms with van der Waals surface area (Å²) in [5.41, 5.74) is 8.35. The van der Waals surface area contributed by atoms with E-state index in [0.717, 1.165) is 11.1 Å². The van der Waals surface area contributed by atoms with Crippen molar-refractivity contribution >= 4 is 38.5 Å². The Hall–Kier alpha value is -3.04. The predicted molar refractivity (Wildman–Crippen MR) is 114 cm³/mol. The highest BCUT2D eigenvalue weighted by atomic mass is 79.9. The van der Waals surface area contributed by atoms with E-state index in [0.29, 0.717) is 34.4 Å². The van der Waals surface area contributed by atoms with Gasteiger partial charge in [-0.25, -0.2) is 14.4 Å². The zero-order valence-electron chi connectivity index (χ0n) is 15.6. The Labute approximate surface area is 174 Å². The number of nitrogens with one attached hydrogen (secondary N) is 1. The van der Waals surface area contributed by atoms with Crippen molar-refractivity contribution < 1.29 is 9.13 Å². The molecule has 3 N–H and O–H groups in total. The molecule has 0 aliphatic heterocycles. The summed E-state index contributed by atoms with van der Waals surface area (Å²) in [6.45, 7) is 0.797. The molecule has 0 aliphatic carbocycles. The highest BCUT2D eigenvalue weighted by molar-refractivity contribution is 9.10. The van der Waals surface area contributed by atoms with E-state index >= 15 is 0 Å². The molecule has 29 heavy (non-hydrogen) atoms. The first-order valence-electron chi connectivity index (χ1n) is 8.87. The van der Waals surface area contributed by atoms with Crippen LogP contribution in [0.5, 0.6) is 5.75 Å². The maximum absolute atomic E-state index is 14.3. The Morgan fingerprint density at radius 3 is 2.79 bits per heavy atom. The van der Waals surface area contributed by atoms with E-state index in [2.05, 4.69) is 36.3 Å². The van der Waals surface area contributed by atoms with Gasteiger partial charge in [0.15, 0.2) is 5.82 Å². The molecule has 0 atom stereocenters. The molecule has 0 saturated heterocycles. The third kappa shape index (κ3) is 4.36. The van der Waals surface area contributed by atoms with Gasteiger partial charge in [-0.2, -0.15) is 5.10 Å². The second-order valence-corrected chi connectivity index (χ2v) is 7.35. The highest BCUT2D eigenvalue weighted by Gasteiger charge is 2.10. The van der Waals surface area contributed by atoms with Crippen LogP contribution in [0.15, 0.2) is 53.4 Å². The Balaban J connectivity index is 1.71. The van der Waals surface area contributed by atoms with Gasteiger partial charge in [0.05, 0.1) is 6.20 Å². The number of aromatic nitrogens is 4. The number of fused-ring (bicyclic) bond motifs is 1. The lowest BCUT2D eigenvalue weighted by Gasteiger charge is -2.12. The van der Waals surface area contributed by atoms with Crippen molar-refractivity contribution in [3.8, 4) is 16.9 Å². The molecule has 0 bridgehead atoms. The van der Waals surface area contributed by atoms with Gasteiger partial charge < -0.3 is 15.8 Å². The second-order valence-electron chi connectivity index (χ2n) is 6.43. The van der Waals surface area contributed by atoms with E-state index in [1.54, 1.807) is 23.1 Å².